The van der Waals surface area contributed by atoms with Crippen molar-refractivity contribution in [1.82, 2.24) is 4.90 Å². The van der Waals surface area contributed by atoms with Gasteiger partial charge in [-0.25, -0.2) is 4.39 Å². The molecular weight excluding hydrogens is 319 g/mol. The number of hydrogen-bond donors (Lipinski definition) is 2. The van der Waals surface area contributed by atoms with Crippen LogP contribution in [0.1, 0.15) is 23.3 Å². The molecule has 3 N–H and O–H groups in total. The molecule has 6 heteroatoms. The first-order valence-electron chi connectivity index (χ1n) is 7.07. The van der Waals surface area contributed by atoms with Crippen LogP contribution < -0.4 is 5.73 Å². The molecule has 2 rings (SSSR count). The van der Waals surface area contributed by atoms with Gasteiger partial charge < -0.3 is 10.8 Å². The monoisotopic (exact) mass is 336 g/mol. The molecular formula is C17H18ClFN2O2. The number of halogens is 2. The SMILES string of the molecule is CN(CC(O)c1cccc(Cl)c1)C(C(N)=O)c1cccc(F)c1. The lowest BCUT2D eigenvalue weighted by Gasteiger charge is -2.28. The van der Waals surface area contributed by atoms with E-state index in [1.807, 2.05) is 0 Å². The van der Waals surface area contributed by atoms with Crippen LogP contribution in [0.25, 0.3) is 0 Å². The Morgan fingerprint density at radius 1 is 1.26 bits per heavy atom. The molecule has 0 aliphatic rings. The van der Waals surface area contributed by atoms with E-state index < -0.39 is 23.9 Å². The second kappa shape index (κ2) is 7.55. The van der Waals surface area contributed by atoms with E-state index in [0.717, 1.165) is 0 Å². The van der Waals surface area contributed by atoms with Gasteiger partial charge in [-0.15, -0.1) is 0 Å². The van der Waals surface area contributed by atoms with Crippen LogP contribution in [-0.2, 0) is 4.79 Å². The zero-order valence-corrected chi connectivity index (χ0v) is 13.4. The second-order valence-corrected chi connectivity index (χ2v) is 5.81. The number of carbonyl (C=O) groups is 1. The first-order chi connectivity index (χ1) is 10.9. The van der Waals surface area contributed by atoms with Gasteiger partial charge >= 0.3 is 0 Å². The number of benzene rings is 2. The Kier molecular flexibility index (Phi) is 5.71. The van der Waals surface area contributed by atoms with E-state index in [1.54, 1.807) is 42.3 Å². The van der Waals surface area contributed by atoms with Crippen molar-refractivity contribution >= 4 is 17.5 Å². The molecule has 2 atom stereocenters. The highest BCUT2D eigenvalue weighted by Crippen LogP contribution is 2.24. The van der Waals surface area contributed by atoms with Crippen LogP contribution in [0, 0.1) is 5.82 Å². The quantitative estimate of drug-likeness (QED) is 0.852. The summed E-state index contributed by atoms with van der Waals surface area (Å²) in [6.07, 6.45) is -0.853. The number of rotatable bonds is 6. The topological polar surface area (TPSA) is 66.6 Å². The summed E-state index contributed by atoms with van der Waals surface area (Å²) in [7, 11) is 1.65. The third-order valence-corrected chi connectivity index (χ3v) is 3.80. The van der Waals surface area contributed by atoms with Gasteiger partial charge in [0, 0.05) is 11.6 Å². The predicted octanol–water partition coefficient (Wildman–Crippen LogP) is 2.67. The van der Waals surface area contributed by atoms with Crippen LogP contribution in [-0.4, -0.2) is 29.5 Å². The number of aliphatic hydroxyl groups excluding tert-OH is 1. The maximum atomic E-state index is 13.4. The minimum absolute atomic E-state index is 0.143. The lowest BCUT2D eigenvalue weighted by Crippen LogP contribution is -2.37. The normalized spacial score (nSPS) is 13.8. The molecule has 0 aliphatic heterocycles. The number of amides is 1. The first kappa shape index (κ1) is 17.4. The number of carbonyl (C=O) groups excluding carboxylic acids is 1. The number of primary amides is 1. The van der Waals surface area contributed by atoms with Gasteiger partial charge in [-0.3, -0.25) is 9.69 Å². The Hall–Kier alpha value is -1.95. The Bertz CT molecular complexity index is 696. The lowest BCUT2D eigenvalue weighted by atomic mass is 10.0. The lowest BCUT2D eigenvalue weighted by molar-refractivity contribution is -0.123. The molecule has 0 saturated heterocycles. The van der Waals surface area contributed by atoms with E-state index in [1.165, 1.54) is 18.2 Å². The minimum atomic E-state index is -0.853. The van der Waals surface area contributed by atoms with E-state index in [0.29, 0.717) is 16.1 Å². The standard InChI is InChI=1S/C17H18ClFN2O2/c1-21(10-15(22)11-4-2-6-13(18)8-11)16(17(20)23)12-5-3-7-14(19)9-12/h2-9,15-16,22H,10H2,1H3,(H2,20,23). The summed E-state index contributed by atoms with van der Waals surface area (Å²) in [5, 5.41) is 10.8. The van der Waals surface area contributed by atoms with Crippen molar-refractivity contribution in [2.24, 2.45) is 5.73 Å². The molecule has 0 heterocycles. The van der Waals surface area contributed by atoms with Gasteiger partial charge in [0.05, 0.1) is 6.10 Å². The Morgan fingerprint density at radius 2 is 1.91 bits per heavy atom. The third-order valence-electron chi connectivity index (χ3n) is 3.57. The van der Waals surface area contributed by atoms with Crippen LogP contribution in [0.3, 0.4) is 0 Å². The van der Waals surface area contributed by atoms with Gasteiger partial charge in [0.15, 0.2) is 0 Å². The van der Waals surface area contributed by atoms with Gasteiger partial charge in [0.1, 0.15) is 11.9 Å². The van der Waals surface area contributed by atoms with Gasteiger partial charge in [0.25, 0.3) is 0 Å². The largest absolute Gasteiger partial charge is 0.387 e. The van der Waals surface area contributed by atoms with Crippen LogP contribution in [0.15, 0.2) is 48.5 Å². The molecule has 4 nitrogen and oxygen atoms in total. The predicted molar refractivity (Wildman–Crippen MR) is 87.4 cm³/mol. The Labute approximate surface area is 139 Å². The van der Waals surface area contributed by atoms with Gasteiger partial charge in [-0.05, 0) is 42.4 Å². The molecule has 0 bridgehead atoms. The van der Waals surface area contributed by atoms with E-state index in [-0.39, 0.29) is 6.54 Å². The fourth-order valence-corrected chi connectivity index (χ4v) is 2.71. The van der Waals surface area contributed by atoms with E-state index >= 15 is 0 Å². The average Bonchev–Trinajstić information content (AvgIpc) is 2.47. The fraction of sp³-hybridized carbons (Fsp3) is 0.235. The molecule has 0 radical (unpaired) electrons. The number of nitrogens with zero attached hydrogens (tertiary/aromatic N) is 1. The number of aliphatic hydroxyl groups is 1. The fourth-order valence-electron chi connectivity index (χ4n) is 2.51. The van der Waals surface area contributed by atoms with Gasteiger partial charge in [-0.1, -0.05) is 35.9 Å². The van der Waals surface area contributed by atoms with Crippen molar-refractivity contribution < 1.29 is 14.3 Å². The molecule has 2 aromatic carbocycles. The Morgan fingerprint density at radius 3 is 2.52 bits per heavy atom. The average molecular weight is 337 g/mol. The van der Waals surface area contributed by atoms with Crippen molar-refractivity contribution in [2.45, 2.75) is 12.1 Å². The molecule has 122 valence electrons. The van der Waals surface area contributed by atoms with Crippen molar-refractivity contribution in [3.05, 3.63) is 70.5 Å². The van der Waals surface area contributed by atoms with Crippen LogP contribution in [0.4, 0.5) is 4.39 Å². The van der Waals surface area contributed by atoms with Crippen LogP contribution >= 0.6 is 11.6 Å². The van der Waals surface area contributed by atoms with Crippen molar-refractivity contribution in [1.29, 1.82) is 0 Å². The number of nitrogens with two attached hydrogens (primary N) is 1. The zero-order chi connectivity index (χ0) is 17.0. The molecule has 0 aromatic heterocycles. The van der Waals surface area contributed by atoms with Gasteiger partial charge in [0.2, 0.25) is 5.91 Å². The maximum Gasteiger partial charge on any atom is 0.239 e. The van der Waals surface area contributed by atoms with E-state index in [2.05, 4.69) is 0 Å². The summed E-state index contributed by atoms with van der Waals surface area (Å²) in [5.41, 5.74) is 6.53. The highest BCUT2D eigenvalue weighted by atomic mass is 35.5. The summed E-state index contributed by atoms with van der Waals surface area (Å²) in [6.45, 7) is 0.143. The Balaban J connectivity index is 2.18. The minimum Gasteiger partial charge on any atom is -0.387 e. The molecule has 2 aromatic rings. The number of likely N-dealkylation sites (N-methyl/N-ethyl adjacent to an activating group) is 1. The molecule has 23 heavy (non-hydrogen) atoms. The smallest absolute Gasteiger partial charge is 0.239 e. The summed E-state index contributed by atoms with van der Waals surface area (Å²) >= 11 is 5.91. The number of hydrogen-bond acceptors (Lipinski definition) is 3. The first-order valence-corrected chi connectivity index (χ1v) is 7.45. The zero-order valence-electron chi connectivity index (χ0n) is 12.6. The van der Waals surface area contributed by atoms with Crippen molar-refractivity contribution in [3.63, 3.8) is 0 Å². The maximum absolute atomic E-state index is 13.4. The van der Waals surface area contributed by atoms with E-state index in [4.69, 9.17) is 17.3 Å². The molecule has 0 fully saturated rings. The summed E-state index contributed by atoms with van der Waals surface area (Å²) < 4.78 is 13.4. The molecule has 1 amide bonds. The second-order valence-electron chi connectivity index (χ2n) is 5.37. The highest BCUT2D eigenvalue weighted by Gasteiger charge is 2.25. The molecule has 0 spiro atoms. The third kappa shape index (κ3) is 4.51. The molecule has 0 aliphatic carbocycles. The van der Waals surface area contributed by atoms with Gasteiger partial charge in [-0.2, -0.15) is 0 Å². The molecule has 2 unspecified atom stereocenters. The van der Waals surface area contributed by atoms with Crippen molar-refractivity contribution in [3.8, 4) is 0 Å². The molecule has 0 saturated carbocycles. The highest BCUT2D eigenvalue weighted by molar-refractivity contribution is 6.30. The summed E-state index contributed by atoms with van der Waals surface area (Å²) in [4.78, 5) is 13.4. The van der Waals surface area contributed by atoms with Crippen LogP contribution in [0.5, 0.6) is 0 Å². The summed E-state index contributed by atoms with van der Waals surface area (Å²) in [6, 6.07) is 11.7. The summed E-state index contributed by atoms with van der Waals surface area (Å²) in [5.74, 6) is -1.06. The van der Waals surface area contributed by atoms with E-state index in [9.17, 15) is 14.3 Å². The van der Waals surface area contributed by atoms with Crippen molar-refractivity contribution in [2.75, 3.05) is 13.6 Å². The van der Waals surface area contributed by atoms with Crippen LogP contribution in [0.2, 0.25) is 5.02 Å².